The first-order valence-electron chi connectivity index (χ1n) is 10.3. The van der Waals surface area contributed by atoms with Crippen LogP contribution in [0.25, 0.3) is 11.3 Å². The second-order valence-electron chi connectivity index (χ2n) is 7.59. The van der Waals surface area contributed by atoms with Gasteiger partial charge < -0.3 is 14.7 Å². The van der Waals surface area contributed by atoms with Crippen molar-refractivity contribution in [2.24, 2.45) is 0 Å². The van der Waals surface area contributed by atoms with Gasteiger partial charge in [0, 0.05) is 57.1 Å². The van der Waals surface area contributed by atoms with E-state index < -0.39 is 0 Å². The molecule has 2 fully saturated rings. The quantitative estimate of drug-likeness (QED) is 0.860. The SMILES string of the molecule is CCN1CCN(c2nc(-c3cnc(N4CCCCC4)nc3C)cc(=O)[nH]2)CC1. The summed E-state index contributed by atoms with van der Waals surface area (Å²) in [4.78, 5) is 36.0. The average Bonchev–Trinajstić information content (AvgIpc) is 2.74. The number of hydrogen-bond donors (Lipinski definition) is 1. The van der Waals surface area contributed by atoms with Gasteiger partial charge in [-0.05, 0) is 32.7 Å². The molecule has 0 saturated carbocycles. The molecule has 2 aromatic heterocycles. The fourth-order valence-corrected chi connectivity index (χ4v) is 3.96. The van der Waals surface area contributed by atoms with E-state index in [2.05, 4.69) is 31.6 Å². The smallest absolute Gasteiger partial charge is 0.252 e. The molecule has 0 atom stereocenters. The van der Waals surface area contributed by atoms with E-state index in [1.807, 2.05) is 13.1 Å². The van der Waals surface area contributed by atoms with Gasteiger partial charge in [0.1, 0.15) is 0 Å². The topological polar surface area (TPSA) is 81.2 Å². The van der Waals surface area contributed by atoms with E-state index in [0.717, 1.165) is 63.0 Å². The molecule has 8 heteroatoms. The zero-order valence-corrected chi connectivity index (χ0v) is 16.8. The van der Waals surface area contributed by atoms with Gasteiger partial charge in [-0.2, -0.15) is 0 Å². The van der Waals surface area contributed by atoms with E-state index >= 15 is 0 Å². The highest BCUT2D eigenvalue weighted by atomic mass is 16.1. The second kappa shape index (κ2) is 8.26. The van der Waals surface area contributed by atoms with Crippen molar-refractivity contribution in [3.05, 3.63) is 28.3 Å². The maximum atomic E-state index is 12.3. The highest BCUT2D eigenvalue weighted by Crippen LogP contribution is 2.23. The largest absolute Gasteiger partial charge is 0.341 e. The third-order valence-corrected chi connectivity index (χ3v) is 5.73. The Morgan fingerprint density at radius 2 is 1.75 bits per heavy atom. The van der Waals surface area contributed by atoms with Gasteiger partial charge in [0.05, 0.1) is 11.4 Å². The Balaban J connectivity index is 1.59. The highest BCUT2D eigenvalue weighted by Gasteiger charge is 2.20. The van der Waals surface area contributed by atoms with Gasteiger partial charge in [-0.25, -0.2) is 15.0 Å². The van der Waals surface area contributed by atoms with E-state index in [1.54, 1.807) is 0 Å². The zero-order chi connectivity index (χ0) is 19.5. The van der Waals surface area contributed by atoms with Gasteiger partial charge in [-0.3, -0.25) is 9.78 Å². The first kappa shape index (κ1) is 18.9. The summed E-state index contributed by atoms with van der Waals surface area (Å²) in [5.41, 5.74) is 2.17. The third-order valence-electron chi connectivity index (χ3n) is 5.73. The number of rotatable bonds is 4. The summed E-state index contributed by atoms with van der Waals surface area (Å²) in [6.45, 7) is 10.9. The van der Waals surface area contributed by atoms with E-state index in [0.29, 0.717) is 11.6 Å². The molecule has 0 amide bonds. The van der Waals surface area contributed by atoms with Gasteiger partial charge in [0.2, 0.25) is 11.9 Å². The van der Waals surface area contributed by atoms with Gasteiger partial charge in [-0.1, -0.05) is 6.92 Å². The minimum Gasteiger partial charge on any atom is -0.341 e. The van der Waals surface area contributed by atoms with Crippen molar-refractivity contribution in [1.29, 1.82) is 0 Å². The number of nitrogens with zero attached hydrogens (tertiary/aromatic N) is 6. The van der Waals surface area contributed by atoms with Crippen LogP contribution >= 0.6 is 0 Å². The van der Waals surface area contributed by atoms with Gasteiger partial charge >= 0.3 is 0 Å². The van der Waals surface area contributed by atoms with Crippen LogP contribution in [0.1, 0.15) is 31.9 Å². The average molecular weight is 384 g/mol. The molecule has 28 heavy (non-hydrogen) atoms. The number of H-pyrrole nitrogens is 1. The van der Waals surface area contributed by atoms with Crippen molar-refractivity contribution in [3.63, 3.8) is 0 Å². The molecule has 4 rings (SSSR count). The zero-order valence-electron chi connectivity index (χ0n) is 16.8. The fourth-order valence-electron chi connectivity index (χ4n) is 3.96. The number of hydrogen-bond acceptors (Lipinski definition) is 7. The summed E-state index contributed by atoms with van der Waals surface area (Å²) in [6.07, 6.45) is 5.47. The Morgan fingerprint density at radius 3 is 2.43 bits per heavy atom. The highest BCUT2D eigenvalue weighted by molar-refractivity contribution is 5.62. The summed E-state index contributed by atoms with van der Waals surface area (Å²) >= 11 is 0. The van der Waals surface area contributed by atoms with Gasteiger partial charge in [0.15, 0.2) is 0 Å². The van der Waals surface area contributed by atoms with E-state index in [4.69, 9.17) is 9.97 Å². The molecule has 150 valence electrons. The minimum absolute atomic E-state index is 0.141. The van der Waals surface area contributed by atoms with Crippen molar-refractivity contribution in [3.8, 4) is 11.3 Å². The fraction of sp³-hybridized carbons (Fsp3) is 0.600. The Kier molecular flexibility index (Phi) is 5.57. The van der Waals surface area contributed by atoms with Crippen LogP contribution in [0.4, 0.5) is 11.9 Å². The number of anilines is 2. The summed E-state index contributed by atoms with van der Waals surface area (Å²) < 4.78 is 0. The lowest BCUT2D eigenvalue weighted by molar-refractivity contribution is 0.270. The van der Waals surface area contributed by atoms with E-state index in [1.165, 1.54) is 25.3 Å². The maximum Gasteiger partial charge on any atom is 0.252 e. The maximum absolute atomic E-state index is 12.3. The van der Waals surface area contributed by atoms with Crippen LogP contribution in [0.3, 0.4) is 0 Å². The Morgan fingerprint density at radius 1 is 1.00 bits per heavy atom. The number of likely N-dealkylation sites (N-methyl/N-ethyl adjacent to an activating group) is 1. The Labute approximate surface area is 165 Å². The molecule has 0 bridgehead atoms. The van der Waals surface area contributed by atoms with Crippen LogP contribution in [0.5, 0.6) is 0 Å². The predicted molar refractivity (Wildman–Crippen MR) is 111 cm³/mol. The number of aromatic amines is 1. The standard InChI is InChI=1S/C20H29N7O/c1-3-25-9-11-27(12-10-25)20-23-17(13-18(28)24-20)16-14-21-19(22-15(16)2)26-7-5-4-6-8-26/h13-14H,3-12H2,1-2H3,(H,23,24,28). The molecular formula is C20H29N7O. The van der Waals surface area contributed by atoms with E-state index in [-0.39, 0.29) is 5.56 Å². The molecule has 2 aliphatic rings. The molecule has 0 radical (unpaired) electrons. The van der Waals surface area contributed by atoms with Crippen molar-refractivity contribution in [2.45, 2.75) is 33.1 Å². The van der Waals surface area contributed by atoms with Gasteiger partial charge in [-0.15, -0.1) is 0 Å². The van der Waals surface area contributed by atoms with Crippen molar-refractivity contribution in [1.82, 2.24) is 24.8 Å². The Hall–Kier alpha value is -2.48. The molecule has 0 unspecified atom stereocenters. The van der Waals surface area contributed by atoms with Crippen molar-refractivity contribution >= 4 is 11.9 Å². The number of aromatic nitrogens is 4. The molecule has 0 spiro atoms. The van der Waals surface area contributed by atoms with Gasteiger partial charge in [0.25, 0.3) is 5.56 Å². The summed E-state index contributed by atoms with van der Waals surface area (Å²) in [7, 11) is 0. The van der Waals surface area contributed by atoms with Crippen molar-refractivity contribution < 1.29 is 0 Å². The first-order valence-corrected chi connectivity index (χ1v) is 10.3. The number of aryl methyl sites for hydroxylation is 1. The van der Waals surface area contributed by atoms with Crippen LogP contribution in [-0.4, -0.2) is 70.6 Å². The normalized spacial score (nSPS) is 18.5. The lowest BCUT2D eigenvalue weighted by atomic mass is 10.1. The molecule has 2 aliphatic heterocycles. The first-order chi connectivity index (χ1) is 13.6. The molecule has 0 aliphatic carbocycles. The predicted octanol–water partition coefficient (Wildman–Crippen LogP) is 1.67. The summed E-state index contributed by atoms with van der Waals surface area (Å²) in [5, 5.41) is 0. The monoisotopic (exact) mass is 383 g/mol. The summed E-state index contributed by atoms with van der Waals surface area (Å²) in [5.74, 6) is 1.42. The molecule has 2 aromatic rings. The molecule has 2 saturated heterocycles. The van der Waals surface area contributed by atoms with Crippen LogP contribution in [0.15, 0.2) is 17.1 Å². The number of piperazine rings is 1. The molecule has 8 nitrogen and oxygen atoms in total. The second-order valence-corrected chi connectivity index (χ2v) is 7.59. The van der Waals surface area contributed by atoms with Crippen LogP contribution < -0.4 is 15.4 Å². The molecule has 0 aromatic carbocycles. The lowest BCUT2D eigenvalue weighted by Crippen LogP contribution is -2.47. The summed E-state index contributed by atoms with van der Waals surface area (Å²) in [6, 6.07) is 1.54. The van der Waals surface area contributed by atoms with Crippen molar-refractivity contribution in [2.75, 3.05) is 55.6 Å². The lowest BCUT2D eigenvalue weighted by Gasteiger charge is -2.34. The molecule has 4 heterocycles. The molecular weight excluding hydrogens is 354 g/mol. The number of nitrogens with one attached hydrogen (secondary N) is 1. The Bertz CT molecular complexity index is 867. The number of piperidine rings is 1. The molecule has 1 N–H and O–H groups in total. The van der Waals surface area contributed by atoms with E-state index in [9.17, 15) is 4.79 Å². The third kappa shape index (κ3) is 4.01. The van der Waals surface area contributed by atoms with Crippen LogP contribution in [0.2, 0.25) is 0 Å². The van der Waals surface area contributed by atoms with Crippen LogP contribution in [0, 0.1) is 6.92 Å². The minimum atomic E-state index is -0.141. The van der Waals surface area contributed by atoms with Crippen LogP contribution in [-0.2, 0) is 0 Å².